The van der Waals surface area contributed by atoms with E-state index in [0.29, 0.717) is 31.7 Å². The molecule has 0 aliphatic carbocycles. The van der Waals surface area contributed by atoms with E-state index in [1.807, 2.05) is 29.2 Å². The van der Waals surface area contributed by atoms with Crippen LogP contribution in [0.25, 0.3) is 0 Å². The topological polar surface area (TPSA) is 55.9 Å². The molecular weight excluding hydrogens is 352 g/mol. The van der Waals surface area contributed by atoms with E-state index in [9.17, 15) is 9.59 Å². The molecule has 0 spiro atoms. The lowest BCUT2D eigenvalue weighted by Crippen LogP contribution is -2.48. The molecule has 4 rings (SSSR count). The lowest BCUT2D eigenvalue weighted by atomic mass is 10.1. The van der Waals surface area contributed by atoms with Gasteiger partial charge in [0, 0.05) is 56.2 Å². The second-order valence-electron chi connectivity index (χ2n) is 7.56. The number of hydrogen-bond donors (Lipinski definition) is 1. The summed E-state index contributed by atoms with van der Waals surface area (Å²) in [5, 5.41) is 2.79. The third kappa shape index (κ3) is 3.67. The number of piperazine rings is 1. The molecule has 146 valence electrons. The second-order valence-corrected chi connectivity index (χ2v) is 7.56. The van der Waals surface area contributed by atoms with Gasteiger partial charge in [-0.3, -0.25) is 9.69 Å². The molecule has 0 radical (unpaired) electrons. The zero-order chi connectivity index (χ0) is 19.7. The highest BCUT2D eigenvalue weighted by molar-refractivity contribution is 5.97. The highest BCUT2D eigenvalue weighted by Gasteiger charge is 2.24. The van der Waals surface area contributed by atoms with Crippen molar-refractivity contribution in [1.82, 2.24) is 10.2 Å². The number of hydrogen-bond acceptors (Lipinski definition) is 3. The predicted octanol–water partition coefficient (Wildman–Crippen LogP) is 2.80. The molecule has 2 saturated heterocycles. The van der Waals surface area contributed by atoms with Gasteiger partial charge in [-0.2, -0.15) is 0 Å². The van der Waals surface area contributed by atoms with Gasteiger partial charge in [-0.25, -0.2) is 4.79 Å². The summed E-state index contributed by atoms with van der Waals surface area (Å²) in [6.45, 7) is 8.64. The van der Waals surface area contributed by atoms with Crippen LogP contribution in [-0.4, -0.2) is 56.1 Å². The molecule has 1 N–H and O–H groups in total. The van der Waals surface area contributed by atoms with Crippen molar-refractivity contribution in [2.45, 2.75) is 13.8 Å². The number of carbonyl (C=O) groups is 2. The van der Waals surface area contributed by atoms with Crippen molar-refractivity contribution in [2.75, 3.05) is 49.1 Å². The minimum atomic E-state index is -0.0819. The molecule has 2 aliphatic rings. The van der Waals surface area contributed by atoms with Crippen molar-refractivity contribution in [3.8, 4) is 0 Å². The third-order valence-electron chi connectivity index (χ3n) is 5.42. The highest BCUT2D eigenvalue weighted by atomic mass is 16.2. The molecule has 0 saturated carbocycles. The van der Waals surface area contributed by atoms with Crippen molar-refractivity contribution in [3.05, 3.63) is 59.2 Å². The van der Waals surface area contributed by atoms with Crippen molar-refractivity contribution < 1.29 is 9.59 Å². The summed E-state index contributed by atoms with van der Waals surface area (Å²) in [5.74, 6) is 0.0532. The highest BCUT2D eigenvalue weighted by Crippen LogP contribution is 2.22. The summed E-state index contributed by atoms with van der Waals surface area (Å²) in [5.41, 5.74) is 5.26. The number of amides is 3. The Balaban J connectivity index is 1.39. The van der Waals surface area contributed by atoms with Gasteiger partial charge in [-0.1, -0.05) is 6.07 Å². The lowest BCUT2D eigenvalue weighted by molar-refractivity contribution is 0.0747. The molecule has 3 amide bonds. The van der Waals surface area contributed by atoms with Gasteiger partial charge in [0.2, 0.25) is 0 Å². The molecule has 0 unspecified atom stereocenters. The fourth-order valence-corrected chi connectivity index (χ4v) is 3.99. The number of nitrogens with zero attached hydrogens (tertiary/aromatic N) is 3. The van der Waals surface area contributed by atoms with E-state index in [4.69, 9.17) is 0 Å². The fourth-order valence-electron chi connectivity index (χ4n) is 3.99. The van der Waals surface area contributed by atoms with Crippen LogP contribution in [0.15, 0.2) is 42.5 Å². The molecular formula is C22H26N4O2. The average molecular weight is 378 g/mol. The molecule has 2 aromatic carbocycles. The Morgan fingerprint density at radius 3 is 2.07 bits per heavy atom. The number of anilines is 2. The van der Waals surface area contributed by atoms with Crippen LogP contribution < -0.4 is 15.1 Å². The normalized spacial score (nSPS) is 17.1. The maximum absolute atomic E-state index is 12.9. The monoisotopic (exact) mass is 378 g/mol. The van der Waals surface area contributed by atoms with Gasteiger partial charge in [0.15, 0.2) is 0 Å². The number of carbonyl (C=O) groups excluding carboxylic acids is 2. The fraction of sp³-hybridized carbons (Fsp3) is 0.364. The maximum Gasteiger partial charge on any atom is 0.321 e. The molecule has 2 aromatic rings. The van der Waals surface area contributed by atoms with Gasteiger partial charge in [0.05, 0.1) is 0 Å². The zero-order valence-corrected chi connectivity index (χ0v) is 16.4. The summed E-state index contributed by atoms with van der Waals surface area (Å²) in [6.07, 6.45) is 0. The molecule has 6 nitrogen and oxygen atoms in total. The zero-order valence-electron chi connectivity index (χ0n) is 16.4. The lowest BCUT2D eigenvalue weighted by Gasteiger charge is -2.36. The third-order valence-corrected chi connectivity index (χ3v) is 5.42. The van der Waals surface area contributed by atoms with Crippen molar-refractivity contribution >= 4 is 23.3 Å². The van der Waals surface area contributed by atoms with Crippen LogP contribution in [0.3, 0.4) is 0 Å². The Bertz CT molecular complexity index is 866. The van der Waals surface area contributed by atoms with Crippen LogP contribution in [0.1, 0.15) is 21.5 Å². The smallest absolute Gasteiger partial charge is 0.321 e. The number of nitrogens with one attached hydrogen (secondary N) is 1. The number of rotatable bonds is 3. The molecule has 6 heteroatoms. The summed E-state index contributed by atoms with van der Waals surface area (Å²) < 4.78 is 0. The quantitative estimate of drug-likeness (QED) is 0.894. The SMILES string of the molecule is Cc1cc(C)cc(N2CCN(C(=O)c3ccc(N4CCNC4=O)cc3)CC2)c1. The van der Waals surface area contributed by atoms with E-state index in [0.717, 1.165) is 18.8 Å². The Hall–Kier alpha value is -3.02. The van der Waals surface area contributed by atoms with Gasteiger partial charge < -0.3 is 15.1 Å². The van der Waals surface area contributed by atoms with E-state index in [1.54, 1.807) is 4.90 Å². The summed E-state index contributed by atoms with van der Waals surface area (Å²) >= 11 is 0. The minimum Gasteiger partial charge on any atom is -0.368 e. The van der Waals surface area contributed by atoms with Gasteiger partial charge >= 0.3 is 6.03 Å². The van der Waals surface area contributed by atoms with E-state index >= 15 is 0 Å². The van der Waals surface area contributed by atoms with Crippen molar-refractivity contribution in [1.29, 1.82) is 0 Å². The second kappa shape index (κ2) is 7.54. The number of benzene rings is 2. The van der Waals surface area contributed by atoms with Gasteiger partial charge in [0.1, 0.15) is 0 Å². The van der Waals surface area contributed by atoms with Gasteiger partial charge in [-0.05, 0) is 61.4 Å². The predicted molar refractivity (Wildman–Crippen MR) is 111 cm³/mol. The molecule has 2 heterocycles. The Morgan fingerprint density at radius 1 is 0.857 bits per heavy atom. The van der Waals surface area contributed by atoms with E-state index in [1.165, 1.54) is 16.8 Å². The van der Waals surface area contributed by atoms with Crippen LogP contribution in [0.4, 0.5) is 16.2 Å². The van der Waals surface area contributed by atoms with Gasteiger partial charge in [0.25, 0.3) is 5.91 Å². The molecule has 2 aliphatic heterocycles. The largest absolute Gasteiger partial charge is 0.368 e. The minimum absolute atomic E-state index is 0.0532. The summed E-state index contributed by atoms with van der Waals surface area (Å²) in [7, 11) is 0. The molecule has 0 bridgehead atoms. The maximum atomic E-state index is 12.9. The Morgan fingerprint density at radius 2 is 1.50 bits per heavy atom. The van der Waals surface area contributed by atoms with Crippen molar-refractivity contribution in [2.24, 2.45) is 0 Å². The average Bonchev–Trinajstić information content (AvgIpc) is 3.13. The molecule has 2 fully saturated rings. The molecule has 0 aromatic heterocycles. The first kappa shape index (κ1) is 18.3. The van der Waals surface area contributed by atoms with Crippen LogP contribution >= 0.6 is 0 Å². The standard InChI is InChI=1S/C22H26N4O2/c1-16-13-17(2)15-20(14-16)24-9-11-25(12-10-24)21(27)18-3-5-19(6-4-18)26-8-7-23-22(26)28/h3-6,13-15H,7-12H2,1-2H3,(H,23,28). The Kier molecular flexibility index (Phi) is 4.94. The Labute approximate surface area is 165 Å². The first-order valence-electron chi connectivity index (χ1n) is 9.79. The van der Waals surface area contributed by atoms with Crippen LogP contribution in [-0.2, 0) is 0 Å². The first-order valence-corrected chi connectivity index (χ1v) is 9.79. The molecule has 0 atom stereocenters. The van der Waals surface area contributed by atoms with Gasteiger partial charge in [-0.15, -0.1) is 0 Å². The summed E-state index contributed by atoms with van der Waals surface area (Å²) in [4.78, 5) is 30.6. The van der Waals surface area contributed by atoms with E-state index < -0.39 is 0 Å². The van der Waals surface area contributed by atoms with E-state index in [-0.39, 0.29) is 11.9 Å². The van der Waals surface area contributed by atoms with Crippen molar-refractivity contribution in [3.63, 3.8) is 0 Å². The van der Waals surface area contributed by atoms with Crippen LogP contribution in [0, 0.1) is 13.8 Å². The van der Waals surface area contributed by atoms with Crippen LogP contribution in [0.2, 0.25) is 0 Å². The van der Waals surface area contributed by atoms with E-state index in [2.05, 4.69) is 42.3 Å². The first-order chi connectivity index (χ1) is 13.5. The number of aryl methyl sites for hydroxylation is 2. The summed E-state index contributed by atoms with van der Waals surface area (Å²) in [6, 6.07) is 13.8. The molecule has 28 heavy (non-hydrogen) atoms. The van der Waals surface area contributed by atoms with Crippen LogP contribution in [0.5, 0.6) is 0 Å². The number of urea groups is 1.